The Hall–Kier alpha value is -2.98. The van der Waals surface area contributed by atoms with Gasteiger partial charge in [0.2, 0.25) is 12.3 Å². The second-order valence-corrected chi connectivity index (χ2v) is 11.9. The van der Waals surface area contributed by atoms with Gasteiger partial charge < -0.3 is 19.9 Å². The Morgan fingerprint density at radius 3 is 2.48 bits per heavy atom. The number of fused-ring (bicyclic) bond motifs is 1. The molecule has 0 aliphatic carbocycles. The fraction of sp³-hybridized carbons (Fsp3) is 0.469. The number of halogens is 1. The highest BCUT2D eigenvalue weighted by molar-refractivity contribution is 9.10. The van der Waals surface area contributed by atoms with E-state index in [-0.39, 0.29) is 5.91 Å². The van der Waals surface area contributed by atoms with Crippen LogP contribution in [0, 0.1) is 20.8 Å². The molecule has 230 valence electrons. The third kappa shape index (κ3) is 10.4. The number of unbranched alkanes of at least 4 members (excludes halogenated alkanes) is 3. The van der Waals surface area contributed by atoms with Crippen molar-refractivity contribution in [1.82, 2.24) is 5.32 Å². The maximum absolute atomic E-state index is 11.5. The van der Waals surface area contributed by atoms with Gasteiger partial charge in [-0.1, -0.05) is 18.9 Å². The number of imide groups is 1. The number of carbonyl (C=O) groups excluding carboxylic acids is 3. The molecule has 42 heavy (non-hydrogen) atoms. The first-order valence-corrected chi connectivity index (χ1v) is 16.1. The number of hydrogen-bond donors (Lipinski definition) is 2. The average molecular weight is 664 g/mol. The third-order valence-corrected chi connectivity index (χ3v) is 8.46. The molecule has 0 spiro atoms. The van der Waals surface area contributed by atoms with Gasteiger partial charge in [0.25, 0.3) is 5.91 Å². The van der Waals surface area contributed by atoms with Gasteiger partial charge in [0, 0.05) is 12.0 Å². The van der Waals surface area contributed by atoms with Crippen LogP contribution in [0.1, 0.15) is 73.3 Å². The highest BCUT2D eigenvalue weighted by Gasteiger charge is 2.24. The van der Waals surface area contributed by atoms with E-state index in [1.807, 2.05) is 12.1 Å². The summed E-state index contributed by atoms with van der Waals surface area (Å²) < 4.78 is 18.1. The summed E-state index contributed by atoms with van der Waals surface area (Å²) in [6.45, 7) is 9.24. The van der Waals surface area contributed by atoms with E-state index >= 15 is 0 Å². The van der Waals surface area contributed by atoms with Gasteiger partial charge >= 0.3 is 0 Å². The Kier molecular flexibility index (Phi) is 15.0. The minimum atomic E-state index is -0.413. The molecule has 1 aliphatic heterocycles. The summed E-state index contributed by atoms with van der Waals surface area (Å²) in [5, 5.41) is 2.11. The summed E-state index contributed by atoms with van der Waals surface area (Å²) in [6, 6.07) is 5.46. The normalized spacial score (nSPS) is 14.1. The predicted octanol–water partition coefficient (Wildman–Crippen LogP) is 6.57. The molecule has 3 amide bonds. The van der Waals surface area contributed by atoms with E-state index in [1.165, 1.54) is 34.0 Å². The maximum Gasteiger partial charge on any atom is 0.264 e. The van der Waals surface area contributed by atoms with Gasteiger partial charge in [-0.3, -0.25) is 19.7 Å². The minimum absolute atomic E-state index is 0.210. The molecule has 0 saturated heterocycles. The molecule has 0 bridgehead atoms. The monoisotopic (exact) mass is 662 g/mol. The quantitative estimate of drug-likeness (QED) is 0.141. The number of rotatable bonds is 13. The van der Waals surface area contributed by atoms with Crippen LogP contribution in [-0.2, 0) is 20.8 Å². The summed E-state index contributed by atoms with van der Waals surface area (Å²) in [5.74, 6) is 2.20. The number of nitrogens with two attached hydrogens (primary N) is 1. The van der Waals surface area contributed by atoms with E-state index < -0.39 is 5.91 Å². The molecule has 3 N–H and O–H groups in total. The van der Waals surface area contributed by atoms with Crippen molar-refractivity contribution in [2.24, 2.45) is 5.73 Å². The van der Waals surface area contributed by atoms with E-state index in [1.54, 1.807) is 25.5 Å². The minimum Gasteiger partial charge on any atom is -0.496 e. The number of carbonyl (C=O) groups is 3. The molecule has 1 unspecified atom stereocenters. The first-order valence-electron chi connectivity index (χ1n) is 14.1. The van der Waals surface area contributed by atoms with Crippen LogP contribution in [0.4, 0.5) is 0 Å². The summed E-state index contributed by atoms with van der Waals surface area (Å²) in [5.41, 5.74) is 10.9. The van der Waals surface area contributed by atoms with Crippen LogP contribution < -0.4 is 25.3 Å². The van der Waals surface area contributed by atoms with Gasteiger partial charge in [-0.15, -0.1) is 11.8 Å². The van der Waals surface area contributed by atoms with Gasteiger partial charge in [0.15, 0.2) is 0 Å². The number of nitrogens with one attached hydrogen (secondary N) is 1. The van der Waals surface area contributed by atoms with Crippen LogP contribution in [0.5, 0.6) is 17.2 Å². The number of hydrogen-bond acceptors (Lipinski definition) is 7. The number of benzene rings is 2. The molecular weight excluding hydrogens is 620 g/mol. The first-order chi connectivity index (χ1) is 20.0. The summed E-state index contributed by atoms with van der Waals surface area (Å²) in [4.78, 5) is 32.9. The zero-order valence-corrected chi connectivity index (χ0v) is 27.8. The molecule has 1 atom stereocenters. The number of ether oxygens (including phenoxy) is 3. The summed E-state index contributed by atoms with van der Waals surface area (Å²) in [7, 11) is 1.58. The lowest BCUT2D eigenvalue weighted by atomic mass is 9.92. The van der Waals surface area contributed by atoms with E-state index in [9.17, 15) is 14.4 Å². The first kappa shape index (κ1) is 35.2. The molecule has 0 saturated carbocycles. The van der Waals surface area contributed by atoms with Crippen LogP contribution in [0.3, 0.4) is 0 Å². The van der Waals surface area contributed by atoms with Gasteiger partial charge in [0.1, 0.15) is 17.2 Å². The van der Waals surface area contributed by atoms with E-state index in [4.69, 9.17) is 19.9 Å². The number of amides is 3. The predicted molar refractivity (Wildman–Crippen MR) is 173 cm³/mol. The molecule has 2 aromatic rings. The molecule has 2 aromatic carbocycles. The van der Waals surface area contributed by atoms with Crippen molar-refractivity contribution in [3.05, 3.63) is 55.4 Å². The van der Waals surface area contributed by atoms with Crippen LogP contribution in [0.25, 0.3) is 6.08 Å². The fourth-order valence-corrected chi connectivity index (χ4v) is 5.69. The van der Waals surface area contributed by atoms with Gasteiger partial charge in [-0.2, -0.15) is 0 Å². The second kappa shape index (κ2) is 17.9. The van der Waals surface area contributed by atoms with Crippen molar-refractivity contribution in [1.29, 1.82) is 0 Å². The molecule has 0 fully saturated rings. The van der Waals surface area contributed by atoms with Gasteiger partial charge in [-0.05, 0) is 116 Å². The Bertz CT molecular complexity index is 1280. The Labute approximate surface area is 262 Å². The number of primary amides is 1. The zero-order chi connectivity index (χ0) is 31.2. The molecular formula is C32H43BrN2O6S. The van der Waals surface area contributed by atoms with Crippen molar-refractivity contribution in [3.8, 4) is 17.2 Å². The molecule has 0 radical (unpaired) electrons. The topological polar surface area (TPSA) is 117 Å². The van der Waals surface area contributed by atoms with E-state index in [2.05, 4.69) is 48.9 Å². The van der Waals surface area contributed by atoms with Crippen LogP contribution >= 0.6 is 27.7 Å². The lowest BCUT2D eigenvalue weighted by Crippen LogP contribution is -2.21. The lowest BCUT2D eigenvalue weighted by Gasteiger charge is -2.29. The summed E-state index contributed by atoms with van der Waals surface area (Å²) >= 11 is 4.64. The van der Waals surface area contributed by atoms with Crippen molar-refractivity contribution in [2.75, 3.05) is 20.0 Å². The summed E-state index contributed by atoms with van der Waals surface area (Å²) in [6.07, 6.45) is 10.7. The van der Waals surface area contributed by atoms with Crippen LogP contribution in [-0.4, -0.2) is 44.3 Å². The molecule has 1 aliphatic rings. The van der Waals surface area contributed by atoms with Crippen LogP contribution in [0.2, 0.25) is 0 Å². The molecule has 0 aromatic heterocycles. The highest BCUT2D eigenvalue weighted by Crippen LogP contribution is 2.41. The highest BCUT2D eigenvalue weighted by atomic mass is 79.9. The van der Waals surface area contributed by atoms with Gasteiger partial charge in [0.05, 0.1) is 29.2 Å². The maximum atomic E-state index is 11.5. The van der Waals surface area contributed by atoms with Crippen molar-refractivity contribution in [2.45, 2.75) is 78.7 Å². The van der Waals surface area contributed by atoms with E-state index in [0.29, 0.717) is 30.4 Å². The second-order valence-electron chi connectivity index (χ2n) is 10.2. The number of thioether (sulfide) groups is 1. The Morgan fingerprint density at radius 1 is 1.14 bits per heavy atom. The Morgan fingerprint density at radius 2 is 1.86 bits per heavy atom. The van der Waals surface area contributed by atoms with Crippen molar-refractivity contribution in [3.63, 3.8) is 0 Å². The fourth-order valence-electron chi connectivity index (χ4n) is 4.63. The lowest BCUT2D eigenvalue weighted by molar-refractivity contribution is -0.122. The van der Waals surface area contributed by atoms with Crippen molar-refractivity contribution < 1.29 is 28.6 Å². The third-order valence-electron chi connectivity index (χ3n) is 7.10. The Balaban J connectivity index is 0.000000307. The average Bonchev–Trinajstić information content (AvgIpc) is 2.96. The van der Waals surface area contributed by atoms with Crippen LogP contribution in [0.15, 0.2) is 27.6 Å². The van der Waals surface area contributed by atoms with E-state index in [0.717, 1.165) is 65.8 Å². The molecule has 3 rings (SSSR count). The largest absolute Gasteiger partial charge is 0.496 e. The molecule has 8 nitrogen and oxygen atoms in total. The standard InChI is InChI=1S/C20H31NO3.C12H12BrNO3S/c1-13-10-11-17-16(4)19(14(2)15(3)20(17)24-13)23-12-8-6-5-7-9-18(21)22;1-17-10-4-3-8(5-9(10)13)6-11(18-2)12(16)14-7-15/h13H,5-12H2,1-4H3,(H2,21,22);3-7H,1-2H3,(H,14,15,16)/b;11-6+. The smallest absolute Gasteiger partial charge is 0.264 e. The molecule has 10 heteroatoms. The zero-order valence-electron chi connectivity index (χ0n) is 25.4. The SMILES string of the molecule is COc1ccc(/C=C(/SC)C(=O)NC=O)cc1Br.Cc1c(C)c2c(c(C)c1OCCCCCCC(N)=O)CCC(C)O2. The van der Waals surface area contributed by atoms with Crippen molar-refractivity contribution >= 4 is 52.0 Å². The number of methoxy groups -OCH3 is 1. The van der Waals surface area contributed by atoms with Gasteiger partial charge in [-0.25, -0.2) is 0 Å². The molecule has 1 heterocycles.